The van der Waals surface area contributed by atoms with E-state index in [1.165, 1.54) is 4.90 Å². The van der Waals surface area contributed by atoms with Gasteiger partial charge in [0.25, 0.3) is 5.91 Å². The Hall–Kier alpha value is -3.35. The van der Waals surface area contributed by atoms with E-state index in [1.54, 1.807) is 30.0 Å². The summed E-state index contributed by atoms with van der Waals surface area (Å²) in [6.07, 6.45) is 1.95. The highest BCUT2D eigenvalue weighted by atomic mass is 16.5. The average Bonchev–Trinajstić information content (AvgIpc) is 3.33. The molecule has 0 saturated carbocycles. The Kier molecular flexibility index (Phi) is 6.17. The zero-order valence-corrected chi connectivity index (χ0v) is 18.7. The van der Waals surface area contributed by atoms with Crippen molar-refractivity contribution in [2.45, 2.75) is 39.7 Å². The Morgan fingerprint density at radius 2 is 1.81 bits per heavy atom. The second kappa shape index (κ2) is 9.02. The molecule has 2 aromatic carbocycles. The molecule has 2 heterocycles. The Morgan fingerprint density at radius 3 is 2.53 bits per heavy atom. The van der Waals surface area contributed by atoms with Crippen molar-refractivity contribution in [3.05, 3.63) is 53.1 Å². The lowest BCUT2D eigenvalue weighted by Crippen LogP contribution is -2.52. The normalized spacial score (nSPS) is 16.4. The molecular weight excluding hydrogens is 408 g/mol. The van der Waals surface area contributed by atoms with E-state index in [0.717, 1.165) is 24.0 Å². The van der Waals surface area contributed by atoms with Gasteiger partial charge in [-0.3, -0.25) is 19.3 Å². The van der Waals surface area contributed by atoms with Crippen LogP contribution in [0.15, 0.2) is 36.4 Å². The number of benzene rings is 2. The molecule has 32 heavy (non-hydrogen) atoms. The molecule has 2 aliphatic rings. The molecular formula is C25H28N2O5. The lowest BCUT2D eigenvalue weighted by molar-refractivity contribution is -0.133. The summed E-state index contributed by atoms with van der Waals surface area (Å²) in [4.78, 5) is 41.7. The number of fused-ring (bicyclic) bond motifs is 1. The number of carbonyl (C=O) groups excluding carboxylic acids is 3. The molecule has 168 valence electrons. The molecule has 1 unspecified atom stereocenters. The Bertz CT molecular complexity index is 1060. The van der Waals surface area contributed by atoms with E-state index in [4.69, 9.17) is 9.47 Å². The zero-order valence-electron chi connectivity index (χ0n) is 18.7. The topological polar surface area (TPSA) is 76.2 Å². The van der Waals surface area contributed by atoms with Gasteiger partial charge in [-0.25, -0.2) is 0 Å². The van der Waals surface area contributed by atoms with Gasteiger partial charge in [-0.1, -0.05) is 6.07 Å². The van der Waals surface area contributed by atoms with Crippen molar-refractivity contribution in [1.82, 2.24) is 4.90 Å². The number of ketones is 1. The monoisotopic (exact) mass is 436 g/mol. The van der Waals surface area contributed by atoms with Gasteiger partial charge >= 0.3 is 0 Å². The summed E-state index contributed by atoms with van der Waals surface area (Å²) in [7, 11) is 0. The van der Waals surface area contributed by atoms with Crippen molar-refractivity contribution in [2.75, 3.05) is 31.2 Å². The van der Waals surface area contributed by atoms with Crippen LogP contribution < -0.4 is 14.4 Å². The summed E-state index contributed by atoms with van der Waals surface area (Å²) in [6.45, 7) is 6.90. The average molecular weight is 437 g/mol. The predicted molar refractivity (Wildman–Crippen MR) is 120 cm³/mol. The first-order valence-electron chi connectivity index (χ1n) is 11.0. The summed E-state index contributed by atoms with van der Waals surface area (Å²) in [5.74, 6) is 0.510. The zero-order chi connectivity index (χ0) is 22.8. The van der Waals surface area contributed by atoms with Crippen LogP contribution in [-0.2, 0) is 9.59 Å². The van der Waals surface area contributed by atoms with Crippen LogP contribution in [0.5, 0.6) is 11.5 Å². The van der Waals surface area contributed by atoms with Gasteiger partial charge < -0.3 is 14.4 Å². The third-order valence-corrected chi connectivity index (χ3v) is 6.17. The van der Waals surface area contributed by atoms with E-state index < -0.39 is 6.04 Å². The second-order valence-corrected chi connectivity index (χ2v) is 8.40. The van der Waals surface area contributed by atoms with E-state index in [-0.39, 0.29) is 30.8 Å². The number of rotatable bonds is 6. The molecule has 2 aliphatic heterocycles. The molecule has 0 spiro atoms. The minimum Gasteiger partial charge on any atom is -0.485 e. The number of Topliss-reactive ketones (excluding diaryl/α,β-unsaturated/α-hetero) is 1. The molecule has 7 nitrogen and oxygen atoms in total. The standard InChI is InChI=1S/C25H28N2O5/c1-16-6-8-20(12-17(16)2)31-14-22(28)19-7-9-23-21(13-19)27(24(29)15-32-23)18(3)25(30)26-10-4-5-11-26/h6-9,12-13,18H,4-5,10-11,14-15H2,1-3H3. The van der Waals surface area contributed by atoms with Crippen LogP contribution in [0.3, 0.4) is 0 Å². The lowest BCUT2D eigenvalue weighted by atomic mass is 10.1. The molecule has 1 fully saturated rings. The summed E-state index contributed by atoms with van der Waals surface area (Å²) < 4.78 is 11.2. The maximum atomic E-state index is 12.9. The van der Waals surface area contributed by atoms with Crippen molar-refractivity contribution in [3.8, 4) is 11.5 Å². The molecule has 0 aromatic heterocycles. The smallest absolute Gasteiger partial charge is 0.265 e. The highest BCUT2D eigenvalue weighted by Crippen LogP contribution is 2.35. The third kappa shape index (κ3) is 4.33. The molecule has 0 bridgehead atoms. The minimum atomic E-state index is -0.666. The molecule has 7 heteroatoms. The van der Waals surface area contributed by atoms with Crippen LogP contribution in [0.2, 0.25) is 0 Å². The number of likely N-dealkylation sites (tertiary alicyclic amines) is 1. The molecule has 0 radical (unpaired) electrons. The molecule has 2 aromatic rings. The van der Waals surface area contributed by atoms with Gasteiger partial charge in [0, 0.05) is 18.7 Å². The van der Waals surface area contributed by atoms with Gasteiger partial charge in [-0.05, 0) is 75.1 Å². The van der Waals surface area contributed by atoms with Crippen LogP contribution in [0.25, 0.3) is 0 Å². The first kappa shape index (κ1) is 21.9. The number of amides is 2. The van der Waals surface area contributed by atoms with Crippen molar-refractivity contribution in [1.29, 1.82) is 0 Å². The molecule has 1 saturated heterocycles. The van der Waals surface area contributed by atoms with Crippen LogP contribution >= 0.6 is 0 Å². The Balaban J connectivity index is 1.53. The third-order valence-electron chi connectivity index (χ3n) is 6.17. The Labute approximate surface area is 187 Å². The van der Waals surface area contributed by atoms with Gasteiger partial charge in [-0.15, -0.1) is 0 Å². The minimum absolute atomic E-state index is 0.0847. The van der Waals surface area contributed by atoms with Gasteiger partial charge in [0.2, 0.25) is 5.91 Å². The van der Waals surface area contributed by atoms with Crippen molar-refractivity contribution in [3.63, 3.8) is 0 Å². The van der Waals surface area contributed by atoms with E-state index in [9.17, 15) is 14.4 Å². The number of nitrogens with zero attached hydrogens (tertiary/aromatic N) is 2. The number of aryl methyl sites for hydroxylation is 2. The predicted octanol–water partition coefficient (Wildman–Crippen LogP) is 3.30. The Morgan fingerprint density at radius 1 is 1.06 bits per heavy atom. The first-order chi connectivity index (χ1) is 15.3. The van der Waals surface area contributed by atoms with Crippen LogP contribution in [0.4, 0.5) is 5.69 Å². The fraction of sp³-hybridized carbons (Fsp3) is 0.400. The molecule has 2 amide bonds. The molecule has 0 aliphatic carbocycles. The van der Waals surface area contributed by atoms with E-state index in [0.29, 0.717) is 35.8 Å². The fourth-order valence-corrected chi connectivity index (χ4v) is 4.12. The highest BCUT2D eigenvalue weighted by molar-refractivity contribution is 6.05. The molecule has 4 rings (SSSR count). The van der Waals surface area contributed by atoms with Gasteiger partial charge in [0.05, 0.1) is 5.69 Å². The molecule has 0 N–H and O–H groups in total. The SMILES string of the molecule is Cc1ccc(OCC(=O)c2ccc3c(c2)N(C(C)C(=O)N2CCCC2)C(=O)CO3)cc1C. The lowest BCUT2D eigenvalue weighted by Gasteiger charge is -2.35. The largest absolute Gasteiger partial charge is 0.485 e. The summed E-state index contributed by atoms with van der Waals surface area (Å²) in [5, 5.41) is 0. The maximum absolute atomic E-state index is 12.9. The van der Waals surface area contributed by atoms with Crippen LogP contribution in [0.1, 0.15) is 41.3 Å². The number of hydrogen-bond acceptors (Lipinski definition) is 5. The number of anilines is 1. The van der Waals surface area contributed by atoms with E-state index >= 15 is 0 Å². The summed E-state index contributed by atoms with van der Waals surface area (Å²) in [6, 6.07) is 9.97. The van der Waals surface area contributed by atoms with Crippen molar-refractivity contribution >= 4 is 23.3 Å². The molecule has 1 atom stereocenters. The van der Waals surface area contributed by atoms with Crippen LogP contribution in [0, 0.1) is 13.8 Å². The highest BCUT2D eigenvalue weighted by Gasteiger charge is 2.36. The quantitative estimate of drug-likeness (QED) is 0.650. The number of carbonyl (C=O) groups is 3. The van der Waals surface area contributed by atoms with Gasteiger partial charge in [0.15, 0.2) is 19.0 Å². The van der Waals surface area contributed by atoms with Crippen molar-refractivity contribution in [2.24, 2.45) is 0 Å². The number of hydrogen-bond donors (Lipinski definition) is 0. The van der Waals surface area contributed by atoms with Gasteiger partial charge in [-0.2, -0.15) is 0 Å². The maximum Gasteiger partial charge on any atom is 0.265 e. The second-order valence-electron chi connectivity index (χ2n) is 8.40. The van der Waals surface area contributed by atoms with E-state index in [1.807, 2.05) is 32.0 Å². The summed E-state index contributed by atoms with van der Waals surface area (Å²) >= 11 is 0. The van der Waals surface area contributed by atoms with Gasteiger partial charge in [0.1, 0.15) is 17.5 Å². The van der Waals surface area contributed by atoms with Crippen LogP contribution in [-0.4, -0.2) is 54.8 Å². The van der Waals surface area contributed by atoms with Crippen molar-refractivity contribution < 1.29 is 23.9 Å². The van der Waals surface area contributed by atoms with E-state index in [2.05, 4.69) is 0 Å². The summed E-state index contributed by atoms with van der Waals surface area (Å²) in [5.41, 5.74) is 3.09. The first-order valence-corrected chi connectivity index (χ1v) is 11.0. The fourth-order valence-electron chi connectivity index (χ4n) is 4.12. The number of ether oxygens (including phenoxy) is 2.